The smallest absolute Gasteiger partial charge is 0.254 e. The van der Waals surface area contributed by atoms with E-state index < -0.39 is 0 Å². The third-order valence-electron chi connectivity index (χ3n) is 3.46. The number of hydrogen-bond donors (Lipinski definition) is 1. The van der Waals surface area contributed by atoms with E-state index in [4.69, 9.17) is 0 Å². The van der Waals surface area contributed by atoms with Crippen LogP contribution in [0.5, 0.6) is 0 Å². The van der Waals surface area contributed by atoms with Gasteiger partial charge in [0.25, 0.3) is 5.91 Å². The second-order valence-corrected chi connectivity index (χ2v) is 5.70. The Labute approximate surface area is 131 Å². The number of benzene rings is 1. The van der Waals surface area contributed by atoms with Crippen molar-refractivity contribution in [3.8, 4) is 0 Å². The number of rotatable bonds is 5. The van der Waals surface area contributed by atoms with Gasteiger partial charge in [-0.05, 0) is 39.2 Å². The van der Waals surface area contributed by atoms with Gasteiger partial charge >= 0.3 is 0 Å². The molecule has 4 nitrogen and oxygen atoms in total. The highest BCUT2D eigenvalue weighted by Crippen LogP contribution is 2.24. The van der Waals surface area contributed by atoms with Crippen molar-refractivity contribution < 1.29 is 4.79 Å². The summed E-state index contributed by atoms with van der Waals surface area (Å²) in [6, 6.07) is 7.45. The first-order valence-corrected chi connectivity index (χ1v) is 7.50. The van der Waals surface area contributed by atoms with Crippen molar-refractivity contribution >= 4 is 29.4 Å². The summed E-state index contributed by atoms with van der Waals surface area (Å²) in [5.41, 5.74) is 1.46. The highest BCUT2D eigenvalue weighted by molar-refractivity contribution is 7.80. The molecule has 0 atom stereocenters. The normalized spacial score (nSPS) is 11.1. The van der Waals surface area contributed by atoms with Gasteiger partial charge in [0.05, 0.1) is 5.52 Å². The third-order valence-corrected chi connectivity index (χ3v) is 3.83. The van der Waals surface area contributed by atoms with Gasteiger partial charge in [-0.25, -0.2) is 0 Å². The van der Waals surface area contributed by atoms with E-state index in [9.17, 15) is 4.79 Å². The van der Waals surface area contributed by atoms with Crippen molar-refractivity contribution in [2.45, 2.75) is 11.8 Å². The van der Waals surface area contributed by atoms with Crippen LogP contribution in [0.15, 0.2) is 35.4 Å². The standard InChI is InChI=1S/C16H21N3OS/c1-4-19(11-10-18(2)3)16(20)13-7-8-14(21)15-12(13)6-5-9-17-15/h5-9,21H,4,10-11H2,1-3H3. The van der Waals surface area contributed by atoms with Crippen LogP contribution < -0.4 is 0 Å². The molecule has 0 aliphatic carbocycles. The molecule has 5 heteroatoms. The van der Waals surface area contributed by atoms with Crippen LogP contribution >= 0.6 is 12.6 Å². The molecule has 1 heterocycles. The lowest BCUT2D eigenvalue weighted by Gasteiger charge is -2.23. The van der Waals surface area contributed by atoms with Crippen molar-refractivity contribution in [2.24, 2.45) is 0 Å². The highest BCUT2D eigenvalue weighted by atomic mass is 32.1. The number of likely N-dealkylation sites (N-methyl/N-ethyl adjacent to an activating group) is 2. The number of carbonyl (C=O) groups excluding carboxylic acids is 1. The van der Waals surface area contributed by atoms with E-state index in [1.807, 2.05) is 50.2 Å². The molecule has 0 spiro atoms. The van der Waals surface area contributed by atoms with Gasteiger partial charge in [-0.1, -0.05) is 6.07 Å². The molecule has 0 fully saturated rings. The predicted octanol–water partition coefficient (Wildman–Crippen LogP) is 2.55. The van der Waals surface area contributed by atoms with Crippen LogP contribution in [0.25, 0.3) is 10.9 Å². The summed E-state index contributed by atoms with van der Waals surface area (Å²) in [5.74, 6) is 0.0469. The molecule has 0 saturated heterocycles. The Morgan fingerprint density at radius 3 is 2.67 bits per heavy atom. The van der Waals surface area contributed by atoms with Gasteiger partial charge in [0.15, 0.2) is 0 Å². The molecular formula is C16H21N3OS. The lowest BCUT2D eigenvalue weighted by atomic mass is 10.1. The minimum atomic E-state index is 0.0469. The molecule has 1 aromatic carbocycles. The lowest BCUT2D eigenvalue weighted by Crippen LogP contribution is -2.36. The van der Waals surface area contributed by atoms with Gasteiger partial charge < -0.3 is 9.80 Å². The molecule has 0 aliphatic heterocycles. The van der Waals surface area contributed by atoms with Gasteiger partial charge in [0, 0.05) is 41.7 Å². The topological polar surface area (TPSA) is 36.4 Å². The quantitative estimate of drug-likeness (QED) is 0.863. The van der Waals surface area contributed by atoms with E-state index in [1.54, 1.807) is 6.20 Å². The number of pyridine rings is 1. The SMILES string of the molecule is CCN(CCN(C)C)C(=O)c1ccc(S)c2ncccc12. The molecule has 1 amide bonds. The van der Waals surface area contributed by atoms with Crippen LogP contribution in [-0.4, -0.2) is 54.4 Å². The van der Waals surface area contributed by atoms with E-state index in [-0.39, 0.29) is 5.91 Å². The maximum Gasteiger partial charge on any atom is 0.254 e. The number of amides is 1. The summed E-state index contributed by atoms with van der Waals surface area (Å²) in [6.07, 6.45) is 1.72. The first kappa shape index (κ1) is 15.8. The van der Waals surface area contributed by atoms with E-state index in [0.29, 0.717) is 18.7 Å². The molecule has 0 bridgehead atoms. The number of fused-ring (bicyclic) bond motifs is 1. The third kappa shape index (κ3) is 3.54. The molecule has 112 valence electrons. The van der Waals surface area contributed by atoms with Crippen LogP contribution in [0.2, 0.25) is 0 Å². The molecular weight excluding hydrogens is 282 g/mol. The van der Waals surface area contributed by atoms with Crippen molar-refractivity contribution in [1.82, 2.24) is 14.8 Å². The molecule has 2 aromatic rings. The average molecular weight is 303 g/mol. The Kier molecular flexibility index (Phi) is 5.20. The van der Waals surface area contributed by atoms with Crippen molar-refractivity contribution in [1.29, 1.82) is 0 Å². The summed E-state index contributed by atoms with van der Waals surface area (Å²) < 4.78 is 0. The maximum atomic E-state index is 12.8. The van der Waals surface area contributed by atoms with E-state index in [2.05, 4.69) is 22.5 Å². The van der Waals surface area contributed by atoms with Crippen LogP contribution in [0.1, 0.15) is 17.3 Å². The Bertz CT molecular complexity index is 642. The van der Waals surface area contributed by atoms with Crippen LogP contribution in [0.3, 0.4) is 0 Å². The Hall–Kier alpha value is -1.59. The first-order valence-electron chi connectivity index (χ1n) is 7.05. The number of thiol groups is 1. The summed E-state index contributed by atoms with van der Waals surface area (Å²) in [4.78, 5) is 21.8. The zero-order valence-corrected chi connectivity index (χ0v) is 13.6. The minimum Gasteiger partial charge on any atom is -0.338 e. The maximum absolute atomic E-state index is 12.8. The second kappa shape index (κ2) is 6.91. The predicted molar refractivity (Wildman–Crippen MR) is 89.1 cm³/mol. The van der Waals surface area contributed by atoms with Crippen molar-refractivity contribution in [3.63, 3.8) is 0 Å². The van der Waals surface area contributed by atoms with Crippen LogP contribution in [-0.2, 0) is 0 Å². The second-order valence-electron chi connectivity index (χ2n) is 5.22. The molecule has 21 heavy (non-hydrogen) atoms. The van der Waals surface area contributed by atoms with E-state index in [1.165, 1.54) is 0 Å². The molecule has 0 aliphatic rings. The molecule has 0 saturated carbocycles. The van der Waals surface area contributed by atoms with Gasteiger partial charge in [-0.2, -0.15) is 0 Å². The molecule has 0 radical (unpaired) electrons. The van der Waals surface area contributed by atoms with Crippen molar-refractivity contribution in [2.75, 3.05) is 33.7 Å². The molecule has 0 unspecified atom stereocenters. The summed E-state index contributed by atoms with van der Waals surface area (Å²) in [5, 5.41) is 0.860. The summed E-state index contributed by atoms with van der Waals surface area (Å²) in [6.45, 7) is 4.26. The van der Waals surface area contributed by atoms with Gasteiger partial charge in [-0.15, -0.1) is 12.6 Å². The monoisotopic (exact) mass is 303 g/mol. The largest absolute Gasteiger partial charge is 0.338 e. The van der Waals surface area contributed by atoms with Crippen LogP contribution in [0, 0.1) is 0 Å². The Morgan fingerprint density at radius 1 is 1.24 bits per heavy atom. The van der Waals surface area contributed by atoms with Gasteiger partial charge in [0.1, 0.15) is 0 Å². The van der Waals surface area contributed by atoms with Gasteiger partial charge in [-0.3, -0.25) is 9.78 Å². The van der Waals surface area contributed by atoms with Gasteiger partial charge in [0.2, 0.25) is 0 Å². The number of aromatic nitrogens is 1. The zero-order valence-electron chi connectivity index (χ0n) is 12.7. The average Bonchev–Trinajstić information content (AvgIpc) is 2.48. The fourth-order valence-electron chi connectivity index (χ4n) is 2.24. The van der Waals surface area contributed by atoms with E-state index in [0.717, 1.165) is 22.3 Å². The number of nitrogens with zero attached hydrogens (tertiary/aromatic N) is 3. The Balaban J connectivity index is 2.36. The molecule has 0 N–H and O–H groups in total. The number of hydrogen-bond acceptors (Lipinski definition) is 4. The van der Waals surface area contributed by atoms with Crippen LogP contribution in [0.4, 0.5) is 0 Å². The van der Waals surface area contributed by atoms with E-state index >= 15 is 0 Å². The Morgan fingerprint density at radius 2 is 2.00 bits per heavy atom. The fourth-order valence-corrected chi connectivity index (χ4v) is 2.49. The first-order chi connectivity index (χ1) is 10.0. The zero-order chi connectivity index (χ0) is 15.4. The lowest BCUT2D eigenvalue weighted by molar-refractivity contribution is 0.0756. The highest BCUT2D eigenvalue weighted by Gasteiger charge is 2.17. The number of carbonyl (C=O) groups is 1. The van der Waals surface area contributed by atoms with Crippen molar-refractivity contribution in [3.05, 3.63) is 36.0 Å². The minimum absolute atomic E-state index is 0.0469. The fraction of sp³-hybridized carbons (Fsp3) is 0.375. The summed E-state index contributed by atoms with van der Waals surface area (Å²) >= 11 is 4.41. The molecule has 1 aromatic heterocycles. The molecule has 2 rings (SSSR count). The summed E-state index contributed by atoms with van der Waals surface area (Å²) in [7, 11) is 4.01.